The molecule has 0 heterocycles. The molecule has 2 atom stereocenters. The van der Waals surface area contributed by atoms with E-state index in [0.29, 0.717) is 10.7 Å². The summed E-state index contributed by atoms with van der Waals surface area (Å²) in [6.45, 7) is 4.50. The highest BCUT2D eigenvalue weighted by atomic mass is 32.2. The second-order valence-electron chi connectivity index (χ2n) is 3.79. The van der Waals surface area contributed by atoms with Crippen LogP contribution >= 0.6 is 11.8 Å². The quantitative estimate of drug-likeness (QED) is 0.613. The van der Waals surface area contributed by atoms with Gasteiger partial charge in [0.1, 0.15) is 0 Å². The van der Waals surface area contributed by atoms with Gasteiger partial charge in [-0.05, 0) is 41.0 Å². The summed E-state index contributed by atoms with van der Waals surface area (Å²) in [5.74, 6) is 0. The van der Waals surface area contributed by atoms with E-state index in [9.17, 15) is 0 Å². The van der Waals surface area contributed by atoms with Gasteiger partial charge in [-0.1, -0.05) is 13.8 Å². The van der Waals surface area contributed by atoms with Gasteiger partial charge in [0.15, 0.2) is 0 Å². The second-order valence-corrected chi connectivity index (χ2v) is 5.15. The molecule has 0 fully saturated rings. The molecular formula is C10H24N2S. The maximum Gasteiger partial charge on any atom is 0.0565 e. The molecule has 13 heavy (non-hydrogen) atoms. The van der Waals surface area contributed by atoms with Gasteiger partial charge in [-0.15, -0.1) is 11.8 Å². The van der Waals surface area contributed by atoms with Crippen LogP contribution in [0.4, 0.5) is 0 Å². The van der Waals surface area contributed by atoms with Gasteiger partial charge in [0.05, 0.1) is 10.7 Å². The molecule has 0 aliphatic carbocycles. The summed E-state index contributed by atoms with van der Waals surface area (Å²) < 4.78 is 0. The van der Waals surface area contributed by atoms with Crippen LogP contribution in [0.5, 0.6) is 0 Å². The first-order valence-corrected chi connectivity index (χ1v) is 5.95. The minimum absolute atomic E-state index is 0.646. The number of rotatable bonds is 6. The molecule has 0 saturated heterocycles. The van der Waals surface area contributed by atoms with Gasteiger partial charge in [0, 0.05) is 0 Å². The Morgan fingerprint density at radius 3 is 1.31 bits per heavy atom. The van der Waals surface area contributed by atoms with E-state index in [1.54, 1.807) is 0 Å². The van der Waals surface area contributed by atoms with Crippen LogP contribution in [0.15, 0.2) is 0 Å². The fourth-order valence-electron chi connectivity index (χ4n) is 1.35. The van der Waals surface area contributed by atoms with Crippen molar-refractivity contribution < 1.29 is 0 Å². The topological polar surface area (TPSA) is 6.48 Å². The first-order valence-electron chi connectivity index (χ1n) is 5.01. The van der Waals surface area contributed by atoms with Gasteiger partial charge < -0.3 is 0 Å². The molecule has 0 aliphatic rings. The largest absolute Gasteiger partial charge is 0.298 e. The SMILES string of the molecule is CCC(SC(CC)N(C)C)N(C)C. The second kappa shape index (κ2) is 6.68. The van der Waals surface area contributed by atoms with Gasteiger partial charge in [0.2, 0.25) is 0 Å². The molecule has 0 spiro atoms. The van der Waals surface area contributed by atoms with E-state index >= 15 is 0 Å². The van der Waals surface area contributed by atoms with Gasteiger partial charge in [-0.25, -0.2) is 0 Å². The number of thioether (sulfide) groups is 1. The third kappa shape index (κ3) is 4.89. The summed E-state index contributed by atoms with van der Waals surface area (Å²) in [6.07, 6.45) is 2.42. The van der Waals surface area contributed by atoms with Crippen LogP contribution in [0, 0.1) is 0 Å². The van der Waals surface area contributed by atoms with Crippen molar-refractivity contribution in [3.63, 3.8) is 0 Å². The monoisotopic (exact) mass is 204 g/mol. The Labute approximate surface area is 87.7 Å². The molecule has 0 aromatic carbocycles. The smallest absolute Gasteiger partial charge is 0.0565 e. The highest BCUT2D eigenvalue weighted by molar-refractivity contribution is 8.00. The van der Waals surface area contributed by atoms with Crippen molar-refractivity contribution >= 4 is 11.8 Å². The molecule has 0 amide bonds. The van der Waals surface area contributed by atoms with Crippen LogP contribution in [-0.2, 0) is 0 Å². The van der Waals surface area contributed by atoms with E-state index in [0.717, 1.165) is 0 Å². The summed E-state index contributed by atoms with van der Waals surface area (Å²) in [5, 5.41) is 1.29. The van der Waals surface area contributed by atoms with E-state index in [2.05, 4.69) is 63.6 Å². The van der Waals surface area contributed by atoms with E-state index in [4.69, 9.17) is 0 Å². The first kappa shape index (κ1) is 13.3. The molecule has 3 heteroatoms. The van der Waals surface area contributed by atoms with Crippen LogP contribution in [0.1, 0.15) is 26.7 Å². The fraction of sp³-hybridized carbons (Fsp3) is 1.00. The number of nitrogens with zero attached hydrogens (tertiary/aromatic N) is 2. The summed E-state index contributed by atoms with van der Waals surface area (Å²) >= 11 is 2.06. The van der Waals surface area contributed by atoms with E-state index in [-0.39, 0.29) is 0 Å². The number of hydrogen-bond acceptors (Lipinski definition) is 3. The fourth-order valence-corrected chi connectivity index (χ4v) is 2.58. The van der Waals surface area contributed by atoms with E-state index < -0.39 is 0 Å². The normalized spacial score (nSPS) is 16.6. The standard InChI is InChI=1S/C10H24N2S/c1-7-9(11(3)4)13-10(8-2)12(5)6/h9-10H,7-8H2,1-6H3. The van der Waals surface area contributed by atoms with Gasteiger partial charge in [-0.2, -0.15) is 0 Å². The molecule has 0 aromatic heterocycles. The van der Waals surface area contributed by atoms with Crippen molar-refractivity contribution in [2.24, 2.45) is 0 Å². The highest BCUT2D eigenvalue weighted by Gasteiger charge is 2.17. The Hall–Kier alpha value is 0.270. The summed E-state index contributed by atoms with van der Waals surface area (Å²) in [7, 11) is 8.63. The number of hydrogen-bond donors (Lipinski definition) is 0. The molecule has 0 aliphatic heterocycles. The lowest BCUT2D eigenvalue weighted by atomic mass is 10.4. The average molecular weight is 204 g/mol. The minimum Gasteiger partial charge on any atom is -0.298 e. The lowest BCUT2D eigenvalue weighted by Gasteiger charge is -2.30. The predicted molar refractivity (Wildman–Crippen MR) is 63.1 cm³/mol. The summed E-state index contributed by atoms with van der Waals surface area (Å²) in [5.41, 5.74) is 0. The molecule has 0 rings (SSSR count). The van der Waals surface area contributed by atoms with Crippen LogP contribution < -0.4 is 0 Å². The van der Waals surface area contributed by atoms with Gasteiger partial charge in [-0.3, -0.25) is 9.80 Å². The Balaban J connectivity index is 4.03. The van der Waals surface area contributed by atoms with Crippen molar-refractivity contribution in [1.82, 2.24) is 9.80 Å². The Bertz CT molecular complexity index is 112. The van der Waals surface area contributed by atoms with Crippen molar-refractivity contribution in [2.45, 2.75) is 37.4 Å². The maximum absolute atomic E-state index is 2.30. The molecule has 2 unspecified atom stereocenters. The van der Waals surface area contributed by atoms with Crippen LogP contribution in [0.2, 0.25) is 0 Å². The Morgan fingerprint density at radius 1 is 0.846 bits per heavy atom. The highest BCUT2D eigenvalue weighted by Crippen LogP contribution is 2.25. The zero-order valence-corrected chi connectivity index (χ0v) is 10.7. The summed E-state index contributed by atoms with van der Waals surface area (Å²) in [4.78, 5) is 4.60. The maximum atomic E-state index is 2.30. The van der Waals surface area contributed by atoms with Gasteiger partial charge in [0.25, 0.3) is 0 Å². The molecule has 80 valence electrons. The van der Waals surface area contributed by atoms with Crippen molar-refractivity contribution in [1.29, 1.82) is 0 Å². The van der Waals surface area contributed by atoms with Crippen LogP contribution in [0.3, 0.4) is 0 Å². The Morgan fingerprint density at radius 2 is 1.15 bits per heavy atom. The average Bonchev–Trinajstić information content (AvgIpc) is 2.05. The molecule has 0 bridgehead atoms. The molecule has 0 aromatic rings. The lowest BCUT2D eigenvalue weighted by molar-refractivity contribution is 0.349. The van der Waals surface area contributed by atoms with Crippen LogP contribution in [0.25, 0.3) is 0 Å². The predicted octanol–water partition coefficient (Wildman–Crippen LogP) is 2.32. The summed E-state index contributed by atoms with van der Waals surface area (Å²) in [6, 6.07) is 0. The van der Waals surface area contributed by atoms with Crippen molar-refractivity contribution in [3.05, 3.63) is 0 Å². The van der Waals surface area contributed by atoms with Crippen molar-refractivity contribution in [3.8, 4) is 0 Å². The first-order chi connectivity index (χ1) is 6.02. The zero-order chi connectivity index (χ0) is 10.4. The molecule has 0 N–H and O–H groups in total. The van der Waals surface area contributed by atoms with Crippen molar-refractivity contribution in [2.75, 3.05) is 28.2 Å². The zero-order valence-electron chi connectivity index (χ0n) is 9.87. The van der Waals surface area contributed by atoms with Gasteiger partial charge >= 0.3 is 0 Å². The van der Waals surface area contributed by atoms with Crippen LogP contribution in [-0.4, -0.2) is 48.7 Å². The Kier molecular flexibility index (Phi) is 6.82. The molecule has 0 radical (unpaired) electrons. The van der Waals surface area contributed by atoms with E-state index in [1.165, 1.54) is 12.8 Å². The third-order valence-electron chi connectivity index (χ3n) is 2.16. The molecule has 0 saturated carbocycles. The molecular weight excluding hydrogens is 180 g/mol. The third-order valence-corrected chi connectivity index (χ3v) is 4.30. The van der Waals surface area contributed by atoms with E-state index in [1.807, 2.05) is 0 Å². The lowest BCUT2D eigenvalue weighted by Crippen LogP contribution is -2.32. The molecule has 2 nitrogen and oxygen atoms in total. The minimum atomic E-state index is 0.646.